The molecule has 0 aromatic carbocycles. The van der Waals surface area contributed by atoms with Crippen LogP contribution in [0.4, 0.5) is 0 Å². The van der Waals surface area contributed by atoms with Crippen molar-refractivity contribution in [3.05, 3.63) is 109 Å². The zero-order valence-corrected chi connectivity index (χ0v) is 66.0. The van der Waals surface area contributed by atoms with Gasteiger partial charge in [0, 0.05) is 25.7 Å². The third-order valence-electron chi connectivity index (χ3n) is 16.7. The van der Waals surface area contributed by atoms with Crippen LogP contribution in [0.2, 0.25) is 0 Å². The minimum absolute atomic E-state index is 0.0325. The summed E-state index contributed by atoms with van der Waals surface area (Å²) in [6.45, 7) is 4.71. The number of unbranched alkanes of at least 4 members (excludes halogenated alkanes) is 31. The Morgan fingerprint density at radius 1 is 0.275 bits per heavy atom. The second kappa shape index (κ2) is 75.0. The van der Waals surface area contributed by atoms with Gasteiger partial charge in [0.2, 0.25) is 0 Å². The number of aliphatic hydroxyl groups is 1. The normalized spacial score (nSPS) is 14.5. The van der Waals surface area contributed by atoms with E-state index in [4.69, 9.17) is 37.0 Å². The van der Waals surface area contributed by atoms with Crippen LogP contribution in [0.15, 0.2) is 109 Å². The Hall–Kier alpha value is -4.28. The van der Waals surface area contributed by atoms with Crippen LogP contribution in [0, 0.1) is 0 Å². The van der Waals surface area contributed by atoms with Crippen LogP contribution < -0.4 is 0 Å². The fourth-order valence-corrected chi connectivity index (χ4v) is 12.1. The van der Waals surface area contributed by atoms with E-state index in [-0.39, 0.29) is 25.7 Å². The molecule has 19 heteroatoms. The van der Waals surface area contributed by atoms with Gasteiger partial charge in [0.05, 0.1) is 26.4 Å². The molecule has 17 nitrogen and oxygen atoms in total. The maximum Gasteiger partial charge on any atom is 0.472 e. The highest BCUT2D eigenvalue weighted by Crippen LogP contribution is 2.45. The van der Waals surface area contributed by atoms with E-state index in [0.717, 1.165) is 135 Å². The largest absolute Gasteiger partial charge is 0.472 e. The van der Waals surface area contributed by atoms with Gasteiger partial charge < -0.3 is 33.8 Å². The second-order valence-corrected chi connectivity index (χ2v) is 29.6. The number of allylic oxidation sites excluding steroid dienone is 18. The molecule has 0 rings (SSSR count). The highest BCUT2D eigenvalue weighted by Gasteiger charge is 2.30. The van der Waals surface area contributed by atoms with Crippen molar-refractivity contribution in [3.8, 4) is 0 Å². The smallest absolute Gasteiger partial charge is 0.462 e. The van der Waals surface area contributed by atoms with Crippen molar-refractivity contribution >= 4 is 39.5 Å². The van der Waals surface area contributed by atoms with Crippen molar-refractivity contribution in [2.75, 3.05) is 39.6 Å². The molecule has 0 aromatic heterocycles. The molecule has 0 fully saturated rings. The van der Waals surface area contributed by atoms with Crippen molar-refractivity contribution in [1.82, 2.24) is 0 Å². The highest BCUT2D eigenvalue weighted by molar-refractivity contribution is 7.47. The molecular formula is C83H144O17P2. The number of phosphoric ester groups is 2. The van der Waals surface area contributed by atoms with E-state index in [1.165, 1.54) is 116 Å². The Morgan fingerprint density at radius 2 is 0.500 bits per heavy atom. The van der Waals surface area contributed by atoms with Crippen molar-refractivity contribution in [1.29, 1.82) is 0 Å². The fraction of sp³-hybridized carbons (Fsp3) is 0.735. The van der Waals surface area contributed by atoms with Gasteiger partial charge in [-0.05, 0) is 128 Å². The lowest BCUT2D eigenvalue weighted by molar-refractivity contribution is -0.161. The van der Waals surface area contributed by atoms with Gasteiger partial charge in [-0.3, -0.25) is 37.3 Å². The highest BCUT2D eigenvalue weighted by atomic mass is 31.2. The van der Waals surface area contributed by atoms with Crippen LogP contribution in [-0.4, -0.2) is 96.7 Å². The van der Waals surface area contributed by atoms with E-state index < -0.39 is 97.5 Å². The Balaban J connectivity index is 5.44. The quantitative estimate of drug-likeness (QED) is 0.0169. The van der Waals surface area contributed by atoms with E-state index in [9.17, 15) is 43.2 Å². The molecule has 0 aliphatic heterocycles. The molecule has 0 heterocycles. The van der Waals surface area contributed by atoms with Crippen molar-refractivity contribution in [3.63, 3.8) is 0 Å². The number of hydrogen-bond donors (Lipinski definition) is 3. The topological polar surface area (TPSA) is 237 Å². The molecule has 0 amide bonds. The van der Waals surface area contributed by atoms with Gasteiger partial charge in [0.25, 0.3) is 0 Å². The van der Waals surface area contributed by atoms with Gasteiger partial charge in [-0.1, -0.05) is 291 Å². The van der Waals surface area contributed by atoms with Crippen molar-refractivity contribution < 1.29 is 80.2 Å². The van der Waals surface area contributed by atoms with E-state index in [1.54, 1.807) is 0 Å². The van der Waals surface area contributed by atoms with Crippen LogP contribution in [0.1, 0.15) is 336 Å². The number of aliphatic hydroxyl groups excluding tert-OH is 1. The molecule has 0 saturated heterocycles. The van der Waals surface area contributed by atoms with Gasteiger partial charge >= 0.3 is 39.5 Å². The summed E-state index contributed by atoms with van der Waals surface area (Å²) in [6.07, 6.45) is 80.8. The minimum Gasteiger partial charge on any atom is -0.462 e. The first-order valence-electron chi connectivity index (χ1n) is 40.1. The van der Waals surface area contributed by atoms with Gasteiger partial charge in [0.15, 0.2) is 12.2 Å². The van der Waals surface area contributed by atoms with Crippen LogP contribution in [0.25, 0.3) is 0 Å². The van der Waals surface area contributed by atoms with Crippen LogP contribution in [0.5, 0.6) is 0 Å². The van der Waals surface area contributed by atoms with E-state index >= 15 is 0 Å². The average Bonchev–Trinajstić information content (AvgIpc) is 1.21. The second-order valence-electron chi connectivity index (χ2n) is 26.7. The molecule has 0 aromatic rings. The predicted octanol–water partition coefficient (Wildman–Crippen LogP) is 23.3. The monoisotopic (exact) mass is 1470 g/mol. The fourth-order valence-electron chi connectivity index (χ4n) is 10.6. The van der Waals surface area contributed by atoms with Crippen molar-refractivity contribution in [2.45, 2.75) is 354 Å². The van der Waals surface area contributed by atoms with E-state index in [2.05, 4.69) is 119 Å². The summed E-state index contributed by atoms with van der Waals surface area (Å²) in [7, 11) is -9.98. The Morgan fingerprint density at radius 3 is 0.814 bits per heavy atom. The Bertz CT molecular complexity index is 2360. The number of phosphoric acid groups is 2. The number of ether oxygens (including phenoxy) is 4. The maximum atomic E-state index is 13.1. The number of esters is 4. The van der Waals surface area contributed by atoms with Crippen LogP contribution >= 0.6 is 15.6 Å². The third-order valence-corrected chi connectivity index (χ3v) is 18.6. The molecule has 588 valence electrons. The number of carbonyl (C=O) groups is 4. The molecule has 102 heavy (non-hydrogen) atoms. The molecular weight excluding hydrogens is 1330 g/mol. The summed E-state index contributed by atoms with van der Waals surface area (Å²) in [5.74, 6) is -2.29. The van der Waals surface area contributed by atoms with Crippen molar-refractivity contribution in [2.24, 2.45) is 0 Å². The van der Waals surface area contributed by atoms with Crippen LogP contribution in [0.3, 0.4) is 0 Å². The Labute approximate surface area is 619 Å². The van der Waals surface area contributed by atoms with Gasteiger partial charge in [0.1, 0.15) is 19.3 Å². The standard InChI is InChI=1S/C83H144O17P2/c1-5-9-13-17-21-25-29-33-36-37-38-39-42-46-50-54-58-62-66-70-83(88)100-79(74-94-81(86)68-64-60-56-52-48-44-40-34-30-26-22-18-14-10-6-2)76-98-102(91,92)96-72-77(84)71-95-101(89,90)97-75-78(73-93-80(85)67-63-59-55-51-47-43-32-28-24-20-16-12-8-4)99-82(87)69-65-61-57-53-49-45-41-35-31-27-23-19-15-11-7-3/h21-23,25-27,33-36,38-41,46,50,58,62,77-79,84H,5-20,24,28-32,37,42-45,47-49,51-57,59-61,63-76H2,1-4H3,(H,89,90)(H,91,92)/b25-21-,26-22-,27-23-,36-33-,39-38-,40-34-,41-35-,50-46-,62-58-/t77-,78+,79+/m0/s1. The summed E-state index contributed by atoms with van der Waals surface area (Å²) >= 11 is 0. The molecule has 0 bridgehead atoms. The van der Waals surface area contributed by atoms with Gasteiger partial charge in [-0.15, -0.1) is 0 Å². The zero-order chi connectivity index (χ0) is 74.6. The van der Waals surface area contributed by atoms with Gasteiger partial charge in [-0.2, -0.15) is 0 Å². The SMILES string of the molecule is CCCCC/C=C\C/C=C\C/C=C\C/C=C\C/C=C\CCC(=O)O[C@H](COC(=O)CCCCCCC/C=C\C/C=C\CCCCC)COP(=O)(O)OC[C@@H](O)COP(=O)(O)OC[C@@H](COC(=O)CCCCCCCCCCCCCCC)OC(=O)CCCCCCC/C=C\C/C=C\CCCCC. The van der Waals surface area contributed by atoms with Crippen LogP contribution in [-0.2, 0) is 65.4 Å². The third kappa shape index (κ3) is 74.0. The summed E-state index contributed by atoms with van der Waals surface area (Å²) < 4.78 is 68.5. The summed E-state index contributed by atoms with van der Waals surface area (Å²) in [5.41, 5.74) is 0. The summed E-state index contributed by atoms with van der Waals surface area (Å²) in [6, 6.07) is 0. The first-order chi connectivity index (χ1) is 49.7. The molecule has 2 unspecified atom stereocenters. The average molecular weight is 1480 g/mol. The maximum absolute atomic E-state index is 13.1. The zero-order valence-electron chi connectivity index (χ0n) is 64.3. The number of hydrogen-bond acceptors (Lipinski definition) is 15. The Kier molecular flexibility index (Phi) is 71.8. The minimum atomic E-state index is -5.00. The van der Waals surface area contributed by atoms with E-state index in [1.807, 2.05) is 18.2 Å². The number of carbonyl (C=O) groups excluding carboxylic acids is 4. The molecule has 5 atom stereocenters. The summed E-state index contributed by atoms with van der Waals surface area (Å²) in [4.78, 5) is 72.9. The lowest BCUT2D eigenvalue weighted by atomic mass is 10.0. The lowest BCUT2D eigenvalue weighted by Gasteiger charge is -2.21. The molecule has 0 radical (unpaired) electrons. The molecule has 3 N–H and O–H groups in total. The molecule has 0 saturated carbocycles. The summed E-state index contributed by atoms with van der Waals surface area (Å²) in [5, 5.41) is 10.6. The predicted molar refractivity (Wildman–Crippen MR) is 418 cm³/mol. The first-order valence-corrected chi connectivity index (χ1v) is 43.1. The first kappa shape index (κ1) is 97.7. The molecule has 0 aliphatic carbocycles. The lowest BCUT2D eigenvalue weighted by Crippen LogP contribution is -2.30. The molecule has 0 aliphatic rings. The van der Waals surface area contributed by atoms with Gasteiger partial charge in [-0.25, -0.2) is 9.13 Å². The number of rotatable bonds is 75. The molecule has 0 spiro atoms. The van der Waals surface area contributed by atoms with E-state index in [0.29, 0.717) is 32.1 Å².